The van der Waals surface area contributed by atoms with E-state index in [9.17, 15) is 26.8 Å². The predicted molar refractivity (Wildman–Crippen MR) is 109 cm³/mol. The Morgan fingerprint density at radius 2 is 1.71 bits per heavy atom. The minimum absolute atomic E-state index is 0.0190. The first-order valence-electron chi connectivity index (χ1n) is 9.29. The van der Waals surface area contributed by atoms with E-state index >= 15 is 0 Å². The average Bonchev–Trinajstić information content (AvgIpc) is 2.74. The summed E-state index contributed by atoms with van der Waals surface area (Å²) >= 11 is 0. The number of benzene rings is 2. The number of nitrogens with zero attached hydrogens (tertiary/aromatic N) is 1. The molecular formula is C20H22F2N2O6S. The predicted octanol–water partition coefficient (Wildman–Crippen LogP) is 3.11. The van der Waals surface area contributed by atoms with E-state index in [0.717, 1.165) is 0 Å². The summed E-state index contributed by atoms with van der Waals surface area (Å²) in [5, 5.41) is 2.43. The van der Waals surface area contributed by atoms with Crippen LogP contribution in [0.4, 0.5) is 14.5 Å². The molecule has 0 atom stereocenters. The molecule has 8 nitrogen and oxygen atoms in total. The van der Waals surface area contributed by atoms with E-state index in [1.54, 1.807) is 13.8 Å². The zero-order chi connectivity index (χ0) is 23.0. The zero-order valence-electron chi connectivity index (χ0n) is 16.9. The Kier molecular flexibility index (Phi) is 8.46. The van der Waals surface area contributed by atoms with Crippen LogP contribution < -0.4 is 10.1 Å². The molecule has 11 heteroatoms. The number of amides is 1. The summed E-state index contributed by atoms with van der Waals surface area (Å²) in [5.74, 6) is -1.60. The summed E-state index contributed by atoms with van der Waals surface area (Å²) in [6, 6.07) is 10.5. The third-order valence-corrected chi connectivity index (χ3v) is 6.16. The molecule has 168 valence electrons. The number of nitrogens with one attached hydrogen (secondary N) is 1. The lowest BCUT2D eigenvalue weighted by molar-refractivity contribution is -0.119. The van der Waals surface area contributed by atoms with Crippen LogP contribution in [0.5, 0.6) is 5.75 Å². The zero-order valence-corrected chi connectivity index (χ0v) is 17.7. The van der Waals surface area contributed by atoms with Crippen molar-refractivity contribution < 1.29 is 36.3 Å². The Morgan fingerprint density at radius 1 is 1.06 bits per heavy atom. The molecule has 0 aliphatic heterocycles. The van der Waals surface area contributed by atoms with Gasteiger partial charge in [-0.2, -0.15) is 13.1 Å². The van der Waals surface area contributed by atoms with E-state index in [0.29, 0.717) is 0 Å². The first-order valence-corrected chi connectivity index (χ1v) is 10.7. The molecule has 2 rings (SSSR count). The summed E-state index contributed by atoms with van der Waals surface area (Å²) in [6.07, 6.45) is 0. The second kappa shape index (κ2) is 10.8. The number of esters is 1. The number of rotatable bonds is 10. The molecule has 0 aliphatic rings. The summed E-state index contributed by atoms with van der Waals surface area (Å²) in [6.45, 7) is 0.391. The molecule has 0 bridgehead atoms. The molecule has 2 aromatic carbocycles. The number of halogens is 2. The molecule has 1 amide bonds. The number of hydrogen-bond acceptors (Lipinski definition) is 6. The highest BCUT2D eigenvalue weighted by Gasteiger charge is 2.23. The normalized spacial score (nSPS) is 11.4. The maximum atomic E-state index is 12.6. The van der Waals surface area contributed by atoms with Crippen molar-refractivity contribution in [1.82, 2.24) is 4.31 Å². The van der Waals surface area contributed by atoms with Crippen molar-refractivity contribution in [2.75, 3.05) is 25.0 Å². The maximum Gasteiger partial charge on any atom is 0.387 e. The molecule has 1 N–H and O–H groups in total. The van der Waals surface area contributed by atoms with Gasteiger partial charge in [0.25, 0.3) is 5.91 Å². The summed E-state index contributed by atoms with van der Waals surface area (Å²) in [4.78, 5) is 24.1. The Morgan fingerprint density at radius 3 is 2.29 bits per heavy atom. The van der Waals surface area contributed by atoms with Gasteiger partial charge in [0.1, 0.15) is 5.75 Å². The highest BCUT2D eigenvalue weighted by atomic mass is 32.2. The first kappa shape index (κ1) is 24.2. The van der Waals surface area contributed by atoms with Gasteiger partial charge in [0, 0.05) is 18.8 Å². The van der Waals surface area contributed by atoms with Crippen LogP contribution in [0.1, 0.15) is 24.2 Å². The summed E-state index contributed by atoms with van der Waals surface area (Å²) < 4.78 is 59.8. The van der Waals surface area contributed by atoms with Gasteiger partial charge in [-0.25, -0.2) is 13.2 Å². The average molecular weight is 456 g/mol. The maximum absolute atomic E-state index is 12.6. The number of anilines is 1. The highest BCUT2D eigenvalue weighted by molar-refractivity contribution is 7.89. The third-order valence-electron chi connectivity index (χ3n) is 4.11. The lowest BCUT2D eigenvalue weighted by Crippen LogP contribution is -2.30. The first-order chi connectivity index (χ1) is 14.7. The van der Waals surface area contributed by atoms with Crippen LogP contribution in [-0.2, 0) is 19.6 Å². The fourth-order valence-electron chi connectivity index (χ4n) is 2.63. The van der Waals surface area contributed by atoms with Gasteiger partial charge in [-0.05, 0) is 42.5 Å². The largest absolute Gasteiger partial charge is 0.452 e. The Hall–Kier alpha value is -3.05. The summed E-state index contributed by atoms with van der Waals surface area (Å²) in [7, 11) is -3.75. The van der Waals surface area contributed by atoms with Crippen molar-refractivity contribution in [2.24, 2.45) is 0 Å². The monoisotopic (exact) mass is 456 g/mol. The molecule has 0 aromatic heterocycles. The Labute approximate surface area is 178 Å². The van der Waals surface area contributed by atoms with Gasteiger partial charge in [-0.15, -0.1) is 0 Å². The molecule has 31 heavy (non-hydrogen) atoms. The molecular weight excluding hydrogens is 434 g/mol. The number of carbonyl (C=O) groups excluding carboxylic acids is 2. The van der Waals surface area contributed by atoms with Crippen LogP contribution in [0.25, 0.3) is 0 Å². The highest BCUT2D eigenvalue weighted by Crippen LogP contribution is 2.19. The van der Waals surface area contributed by atoms with Crippen LogP contribution in [0.15, 0.2) is 53.4 Å². The van der Waals surface area contributed by atoms with Gasteiger partial charge in [0.15, 0.2) is 6.61 Å². The van der Waals surface area contributed by atoms with Crippen LogP contribution in [0.3, 0.4) is 0 Å². The Balaban J connectivity index is 1.97. The van der Waals surface area contributed by atoms with E-state index in [1.807, 2.05) is 0 Å². The van der Waals surface area contributed by atoms with Gasteiger partial charge in [0.05, 0.1) is 10.5 Å². The van der Waals surface area contributed by atoms with E-state index in [1.165, 1.54) is 52.8 Å². The second-order valence-corrected chi connectivity index (χ2v) is 8.08. The van der Waals surface area contributed by atoms with Gasteiger partial charge < -0.3 is 14.8 Å². The third kappa shape index (κ3) is 6.72. The molecule has 0 saturated heterocycles. The van der Waals surface area contributed by atoms with Crippen LogP contribution in [0.2, 0.25) is 0 Å². The van der Waals surface area contributed by atoms with E-state index < -0.39 is 35.1 Å². The fourth-order valence-corrected chi connectivity index (χ4v) is 4.13. The number of ether oxygens (including phenoxy) is 2. The number of alkyl halides is 2. The standard InChI is InChI=1S/C20H22F2N2O6S/c1-3-24(4-2)31(27,28)17-7-5-6-14(12-17)19(26)29-13-18(25)23-15-8-10-16(11-9-15)30-20(21)22/h5-12,20H,3-4,13H2,1-2H3,(H,23,25). The molecule has 0 saturated carbocycles. The molecule has 0 radical (unpaired) electrons. The van der Waals surface area contributed by atoms with E-state index in [2.05, 4.69) is 10.1 Å². The molecule has 2 aromatic rings. The lowest BCUT2D eigenvalue weighted by Gasteiger charge is -2.18. The van der Waals surface area contributed by atoms with Crippen molar-refractivity contribution in [3.63, 3.8) is 0 Å². The molecule has 0 heterocycles. The van der Waals surface area contributed by atoms with E-state index in [-0.39, 0.29) is 35.0 Å². The second-order valence-electron chi connectivity index (χ2n) is 6.14. The van der Waals surface area contributed by atoms with E-state index in [4.69, 9.17) is 4.74 Å². The topological polar surface area (TPSA) is 102 Å². The van der Waals surface area contributed by atoms with Crippen molar-refractivity contribution in [1.29, 1.82) is 0 Å². The Bertz CT molecular complexity index is 1010. The molecule has 0 fully saturated rings. The number of hydrogen-bond donors (Lipinski definition) is 1. The van der Waals surface area contributed by atoms with Crippen molar-refractivity contribution in [3.05, 3.63) is 54.1 Å². The number of carbonyl (C=O) groups is 2. The SMILES string of the molecule is CCN(CC)S(=O)(=O)c1cccc(C(=O)OCC(=O)Nc2ccc(OC(F)F)cc2)c1. The van der Waals surface area contributed by atoms with Crippen molar-refractivity contribution in [3.8, 4) is 5.75 Å². The molecule has 0 unspecified atom stereocenters. The van der Waals surface area contributed by atoms with Crippen molar-refractivity contribution >= 4 is 27.6 Å². The van der Waals surface area contributed by atoms with Gasteiger partial charge in [0.2, 0.25) is 10.0 Å². The van der Waals surface area contributed by atoms with Crippen molar-refractivity contribution in [2.45, 2.75) is 25.4 Å². The quantitative estimate of drug-likeness (QED) is 0.551. The molecule has 0 spiro atoms. The number of sulfonamides is 1. The van der Waals surface area contributed by atoms with Crippen LogP contribution in [0, 0.1) is 0 Å². The smallest absolute Gasteiger partial charge is 0.387 e. The van der Waals surface area contributed by atoms with Crippen LogP contribution >= 0.6 is 0 Å². The molecule has 0 aliphatic carbocycles. The fraction of sp³-hybridized carbons (Fsp3) is 0.300. The minimum atomic E-state index is -3.75. The lowest BCUT2D eigenvalue weighted by atomic mass is 10.2. The van der Waals surface area contributed by atoms with Gasteiger partial charge in [-0.3, -0.25) is 4.79 Å². The summed E-state index contributed by atoms with van der Waals surface area (Å²) in [5.41, 5.74) is 0.268. The minimum Gasteiger partial charge on any atom is -0.452 e. The van der Waals surface area contributed by atoms with Gasteiger partial charge in [-0.1, -0.05) is 19.9 Å². The van der Waals surface area contributed by atoms with Gasteiger partial charge >= 0.3 is 12.6 Å². The van der Waals surface area contributed by atoms with Crippen LogP contribution in [-0.4, -0.2) is 50.9 Å².